The molecule has 0 amide bonds. The summed E-state index contributed by atoms with van der Waals surface area (Å²) in [6.45, 7) is 3.00. The van der Waals surface area contributed by atoms with Crippen LogP contribution in [0, 0.1) is 24.1 Å². The van der Waals surface area contributed by atoms with Crippen LogP contribution in [0.3, 0.4) is 0 Å². The van der Waals surface area contributed by atoms with Crippen LogP contribution in [-0.2, 0) is 11.2 Å². The highest BCUT2D eigenvalue weighted by Crippen LogP contribution is 2.42. The fourth-order valence-corrected chi connectivity index (χ4v) is 7.72. The summed E-state index contributed by atoms with van der Waals surface area (Å²) in [5, 5.41) is 4.42. The third kappa shape index (κ3) is 7.08. The lowest BCUT2D eigenvalue weighted by molar-refractivity contribution is 0.0511. The van der Waals surface area contributed by atoms with E-state index in [9.17, 15) is 4.39 Å². The van der Waals surface area contributed by atoms with Crippen LogP contribution in [0.25, 0.3) is 32.6 Å². The normalized spacial score (nSPS) is 22.4. The summed E-state index contributed by atoms with van der Waals surface area (Å²) in [5.74, 6) is 3.27. The molecule has 254 valence electrons. The topological polar surface area (TPSA) is 122 Å². The Morgan fingerprint density at radius 3 is 2.92 bits per heavy atom. The van der Waals surface area contributed by atoms with Gasteiger partial charge in [0.2, 0.25) is 0 Å². The number of azide groups is 1. The molecule has 0 saturated carbocycles. The van der Waals surface area contributed by atoms with E-state index in [1.54, 1.807) is 18.3 Å². The first-order chi connectivity index (χ1) is 23.4. The van der Waals surface area contributed by atoms with Gasteiger partial charge in [0.05, 0.1) is 10.9 Å². The maximum absolute atomic E-state index is 16.9. The Morgan fingerprint density at radius 2 is 2.10 bits per heavy atom. The number of piperidine rings is 1. The van der Waals surface area contributed by atoms with Crippen LogP contribution < -0.4 is 14.4 Å². The molecule has 0 N–H and O–H groups in total. The first kappa shape index (κ1) is 33.9. The minimum absolute atomic E-state index is 0.0287. The van der Waals surface area contributed by atoms with Gasteiger partial charge in [-0.3, -0.25) is 9.88 Å². The van der Waals surface area contributed by atoms with Crippen molar-refractivity contribution in [3.63, 3.8) is 0 Å². The molecule has 11 nitrogen and oxygen atoms in total. The zero-order valence-electron chi connectivity index (χ0n) is 27.0. The fourth-order valence-electron chi connectivity index (χ4n) is 7.41. The molecule has 1 aromatic carbocycles. The molecule has 3 saturated heterocycles. The second-order valence-electron chi connectivity index (χ2n) is 12.8. The smallest absolute Gasteiger partial charge is 0.319 e. The van der Waals surface area contributed by atoms with Gasteiger partial charge in [0.25, 0.3) is 0 Å². The molecular formula is C34H39ClF2N8O3. The predicted molar refractivity (Wildman–Crippen MR) is 180 cm³/mol. The molecule has 6 rings (SSSR count). The molecular weight excluding hydrogens is 642 g/mol. The Morgan fingerprint density at radius 1 is 1.23 bits per heavy atom. The van der Waals surface area contributed by atoms with Crippen molar-refractivity contribution in [3.8, 4) is 35.4 Å². The van der Waals surface area contributed by atoms with Crippen molar-refractivity contribution >= 4 is 28.3 Å². The summed E-state index contributed by atoms with van der Waals surface area (Å²) in [7, 11) is 1.50. The molecule has 0 radical (unpaired) electrons. The number of terminal acetylenes is 1. The van der Waals surface area contributed by atoms with Crippen LogP contribution in [0.4, 0.5) is 14.6 Å². The number of fused-ring (bicyclic) bond motifs is 2. The number of nitrogens with zero attached hydrogens (tertiary/aromatic N) is 8. The molecule has 3 fully saturated rings. The van der Waals surface area contributed by atoms with Crippen molar-refractivity contribution in [3.05, 3.63) is 45.2 Å². The summed E-state index contributed by atoms with van der Waals surface area (Å²) >= 11 is 6.72. The van der Waals surface area contributed by atoms with Crippen molar-refractivity contribution in [2.24, 2.45) is 11.0 Å². The van der Waals surface area contributed by atoms with Gasteiger partial charge in [-0.2, -0.15) is 9.97 Å². The third-order valence-electron chi connectivity index (χ3n) is 9.62. The van der Waals surface area contributed by atoms with Gasteiger partial charge in [-0.15, -0.1) is 12.3 Å². The molecule has 3 aliphatic rings. The molecule has 3 atom stereocenters. The van der Waals surface area contributed by atoms with Crippen LogP contribution in [-0.4, -0.2) is 84.8 Å². The average Bonchev–Trinajstić information content (AvgIpc) is 3.61. The van der Waals surface area contributed by atoms with Gasteiger partial charge in [-0.1, -0.05) is 16.7 Å². The van der Waals surface area contributed by atoms with E-state index in [-0.39, 0.29) is 43.1 Å². The minimum Gasteiger partial charge on any atom is -0.467 e. The summed E-state index contributed by atoms with van der Waals surface area (Å²) in [4.78, 5) is 21.1. The molecule has 1 unspecified atom stereocenters. The molecule has 3 aliphatic heterocycles. The van der Waals surface area contributed by atoms with E-state index in [1.807, 2.05) is 0 Å². The van der Waals surface area contributed by atoms with Crippen molar-refractivity contribution in [1.29, 1.82) is 0 Å². The van der Waals surface area contributed by atoms with E-state index in [2.05, 4.69) is 35.7 Å². The summed E-state index contributed by atoms with van der Waals surface area (Å²) < 4.78 is 48.5. The standard InChI is InChI=1S/C34H39ClF2N8O3/c1-3-7-22-8-5-12-44(18-22)32-27-17-39-30(26-14-24(48-21-46-2)15-28(35)25(26)9-4-11-40-43-38)29(37)31(27)41-33(42-32)47-20-34-10-6-13-45(34)19-23(36)16-34/h1,14-15,17,22-23H,4-13,16,18-21H2,2H3/t22?,23-,34+/m1/s1. The fraction of sp³-hybridized carbons (Fsp3) is 0.559. The van der Waals surface area contributed by atoms with Crippen LogP contribution in [0.1, 0.15) is 50.5 Å². The van der Waals surface area contributed by atoms with E-state index < -0.39 is 17.5 Å². The lowest BCUT2D eigenvalue weighted by Gasteiger charge is -2.34. The lowest BCUT2D eigenvalue weighted by atomic mass is 9.95. The zero-order chi connectivity index (χ0) is 33.7. The molecule has 48 heavy (non-hydrogen) atoms. The number of halogens is 3. The van der Waals surface area contributed by atoms with E-state index >= 15 is 4.39 Å². The van der Waals surface area contributed by atoms with Gasteiger partial charge in [-0.25, -0.2) is 8.78 Å². The minimum atomic E-state index is -0.911. The number of hydrogen-bond acceptors (Lipinski definition) is 9. The van der Waals surface area contributed by atoms with Gasteiger partial charge in [0, 0.05) is 67.8 Å². The van der Waals surface area contributed by atoms with Crippen LogP contribution >= 0.6 is 11.6 Å². The predicted octanol–water partition coefficient (Wildman–Crippen LogP) is 6.90. The van der Waals surface area contributed by atoms with Crippen LogP contribution in [0.5, 0.6) is 11.8 Å². The second kappa shape index (κ2) is 15.1. The number of ether oxygens (including phenoxy) is 3. The number of aromatic nitrogens is 3. The van der Waals surface area contributed by atoms with Gasteiger partial charge >= 0.3 is 6.01 Å². The lowest BCUT2D eigenvalue weighted by Crippen LogP contribution is -2.43. The van der Waals surface area contributed by atoms with E-state index in [0.717, 1.165) is 32.2 Å². The van der Waals surface area contributed by atoms with Crippen LogP contribution in [0.2, 0.25) is 5.02 Å². The summed E-state index contributed by atoms with van der Waals surface area (Å²) in [6, 6.07) is 3.33. The molecule has 14 heteroatoms. The van der Waals surface area contributed by atoms with E-state index in [4.69, 9.17) is 42.7 Å². The van der Waals surface area contributed by atoms with Gasteiger partial charge < -0.3 is 19.1 Å². The SMILES string of the molecule is C#CCC1CCCN(c2nc(OC[C@@]34CCCN3C[C@H](F)C4)nc3c(F)c(-c4cc(OCOC)cc(Cl)c4CCCN=[N+]=[N-])ncc23)C1. The first-order valence-electron chi connectivity index (χ1n) is 16.4. The van der Waals surface area contributed by atoms with Crippen molar-refractivity contribution < 1.29 is 23.0 Å². The van der Waals surface area contributed by atoms with Crippen molar-refractivity contribution in [1.82, 2.24) is 19.9 Å². The monoisotopic (exact) mass is 680 g/mol. The van der Waals surface area contributed by atoms with Crippen molar-refractivity contribution in [2.45, 2.75) is 63.1 Å². The maximum atomic E-state index is 16.9. The summed E-state index contributed by atoms with van der Waals surface area (Å²) in [6.07, 6.45) is 11.9. The molecule has 0 aliphatic carbocycles. The van der Waals surface area contributed by atoms with Gasteiger partial charge in [-0.05, 0) is 74.2 Å². The largest absolute Gasteiger partial charge is 0.467 e. The Kier molecular flexibility index (Phi) is 10.7. The Hall–Kier alpha value is -3.95. The highest BCUT2D eigenvalue weighted by Gasteiger charge is 2.49. The second-order valence-corrected chi connectivity index (χ2v) is 13.2. The number of benzene rings is 1. The van der Waals surface area contributed by atoms with E-state index in [1.165, 1.54) is 7.11 Å². The number of rotatable bonds is 13. The number of pyridine rings is 1. The number of hydrogen-bond donors (Lipinski definition) is 0. The zero-order valence-corrected chi connectivity index (χ0v) is 27.8. The Bertz CT molecular complexity index is 1730. The molecule has 5 heterocycles. The third-order valence-corrected chi connectivity index (χ3v) is 9.95. The molecule has 0 bridgehead atoms. The van der Waals surface area contributed by atoms with Gasteiger partial charge in [0.15, 0.2) is 12.6 Å². The number of methoxy groups -OCH3 is 1. The van der Waals surface area contributed by atoms with Crippen molar-refractivity contribution in [2.75, 3.05) is 58.1 Å². The number of anilines is 1. The summed E-state index contributed by atoms with van der Waals surface area (Å²) in [5.41, 5.74) is 9.44. The highest BCUT2D eigenvalue weighted by atomic mass is 35.5. The molecule has 2 aromatic heterocycles. The quantitative estimate of drug-likeness (QED) is 0.0477. The average molecular weight is 681 g/mol. The molecule has 3 aromatic rings. The highest BCUT2D eigenvalue weighted by molar-refractivity contribution is 6.32. The molecule has 0 spiro atoms. The first-order valence-corrected chi connectivity index (χ1v) is 16.8. The van der Waals surface area contributed by atoms with Crippen LogP contribution in [0.15, 0.2) is 23.4 Å². The number of alkyl halides is 1. The maximum Gasteiger partial charge on any atom is 0.319 e. The Balaban J connectivity index is 1.44. The Labute approximate surface area is 283 Å². The van der Waals surface area contributed by atoms with E-state index in [0.29, 0.717) is 78.4 Å². The van der Waals surface area contributed by atoms with Gasteiger partial charge in [0.1, 0.15) is 35.6 Å².